The molecule has 1 rings (SSSR count). The predicted octanol–water partition coefficient (Wildman–Crippen LogP) is 1.63. The number of likely N-dealkylation sites (N-methyl/N-ethyl adjacent to an activating group) is 1. The molecule has 0 aliphatic carbocycles. The minimum Gasteiger partial charge on any atom is -0.480 e. The number of carbonyl (C=O) groups excluding carboxylic acids is 1. The lowest BCUT2D eigenvalue weighted by molar-refractivity contribution is -0.137. The molecule has 0 radical (unpaired) electrons. The van der Waals surface area contributed by atoms with Crippen LogP contribution in [0.3, 0.4) is 0 Å². The molecule has 1 heterocycles. The van der Waals surface area contributed by atoms with E-state index in [0.29, 0.717) is 12.5 Å². The maximum Gasteiger partial charge on any atom is 0.323 e. The molecule has 2 unspecified atom stereocenters. The molecule has 0 bridgehead atoms. The summed E-state index contributed by atoms with van der Waals surface area (Å²) in [6, 6.07) is 0.0587. The van der Waals surface area contributed by atoms with E-state index in [4.69, 9.17) is 5.11 Å². The number of carboxylic acids is 1. The van der Waals surface area contributed by atoms with Gasteiger partial charge in [-0.3, -0.25) is 4.79 Å². The summed E-state index contributed by atoms with van der Waals surface area (Å²) in [5.41, 5.74) is 0. The summed E-state index contributed by atoms with van der Waals surface area (Å²) in [5, 5.41) is 8.76. The van der Waals surface area contributed by atoms with Crippen molar-refractivity contribution in [1.29, 1.82) is 0 Å². The number of hydrogen-bond donors (Lipinski definition) is 1. The standard InChI is InChI=1S/C12H22N2O3/c1-4-13(8-11(15)16)12(17)14-6-5-9(2)7-10(14)3/h9-10H,4-8H2,1-3H3,(H,15,16). The average Bonchev–Trinajstić information content (AvgIpc) is 2.24. The number of piperidine rings is 1. The molecule has 0 spiro atoms. The van der Waals surface area contributed by atoms with E-state index in [0.717, 1.165) is 19.4 Å². The number of carboxylic acid groups (broad SMARTS) is 1. The minimum atomic E-state index is -0.960. The lowest BCUT2D eigenvalue weighted by Gasteiger charge is -2.39. The number of likely N-dealkylation sites (tertiary alicyclic amines) is 1. The number of carbonyl (C=O) groups is 2. The van der Waals surface area contributed by atoms with Crippen molar-refractivity contribution in [2.75, 3.05) is 19.6 Å². The smallest absolute Gasteiger partial charge is 0.323 e. The Hall–Kier alpha value is -1.26. The molecule has 1 aliphatic rings. The summed E-state index contributed by atoms with van der Waals surface area (Å²) in [7, 11) is 0. The van der Waals surface area contributed by atoms with E-state index in [-0.39, 0.29) is 18.6 Å². The van der Waals surface area contributed by atoms with Crippen LogP contribution in [0.5, 0.6) is 0 Å². The second-order valence-corrected chi connectivity index (χ2v) is 4.86. The van der Waals surface area contributed by atoms with E-state index in [2.05, 4.69) is 6.92 Å². The molecule has 0 aromatic heterocycles. The van der Waals surface area contributed by atoms with Crippen molar-refractivity contribution in [2.24, 2.45) is 5.92 Å². The van der Waals surface area contributed by atoms with Crippen LogP contribution in [0.25, 0.3) is 0 Å². The molecule has 1 aliphatic heterocycles. The quantitative estimate of drug-likeness (QED) is 0.818. The summed E-state index contributed by atoms with van der Waals surface area (Å²) < 4.78 is 0. The van der Waals surface area contributed by atoms with Gasteiger partial charge in [-0.1, -0.05) is 6.92 Å². The molecule has 5 heteroatoms. The van der Waals surface area contributed by atoms with Gasteiger partial charge in [0.25, 0.3) is 0 Å². The summed E-state index contributed by atoms with van der Waals surface area (Å²) in [5.74, 6) is -0.318. The SMILES string of the molecule is CCN(CC(=O)O)C(=O)N1CCC(C)CC1C. The fourth-order valence-electron chi connectivity index (χ4n) is 2.35. The van der Waals surface area contributed by atoms with Gasteiger partial charge in [0, 0.05) is 19.1 Å². The first-order chi connectivity index (χ1) is 7.95. The van der Waals surface area contributed by atoms with Crippen molar-refractivity contribution in [1.82, 2.24) is 9.80 Å². The first-order valence-electron chi connectivity index (χ1n) is 6.23. The second-order valence-electron chi connectivity index (χ2n) is 4.86. The van der Waals surface area contributed by atoms with Crippen LogP contribution in [0.1, 0.15) is 33.6 Å². The van der Waals surface area contributed by atoms with Crippen molar-refractivity contribution >= 4 is 12.0 Å². The normalized spacial score (nSPS) is 24.5. The predicted molar refractivity (Wildman–Crippen MR) is 64.8 cm³/mol. The largest absolute Gasteiger partial charge is 0.480 e. The number of urea groups is 1. The first-order valence-corrected chi connectivity index (χ1v) is 6.23. The van der Waals surface area contributed by atoms with Gasteiger partial charge in [-0.2, -0.15) is 0 Å². The highest BCUT2D eigenvalue weighted by Crippen LogP contribution is 2.23. The van der Waals surface area contributed by atoms with Gasteiger partial charge >= 0.3 is 12.0 Å². The number of amides is 2. The van der Waals surface area contributed by atoms with Crippen LogP contribution in [0, 0.1) is 5.92 Å². The lowest BCUT2D eigenvalue weighted by atomic mass is 9.94. The topological polar surface area (TPSA) is 60.9 Å². The molecule has 1 fully saturated rings. The van der Waals surface area contributed by atoms with Crippen LogP contribution in [-0.4, -0.2) is 52.6 Å². The van der Waals surface area contributed by atoms with Gasteiger partial charge in [0.15, 0.2) is 0 Å². The second kappa shape index (κ2) is 5.89. The van der Waals surface area contributed by atoms with Crippen molar-refractivity contribution in [3.8, 4) is 0 Å². The van der Waals surface area contributed by atoms with Gasteiger partial charge in [0.1, 0.15) is 6.54 Å². The van der Waals surface area contributed by atoms with E-state index in [9.17, 15) is 9.59 Å². The van der Waals surface area contributed by atoms with Crippen LogP contribution in [0.15, 0.2) is 0 Å². The van der Waals surface area contributed by atoms with Gasteiger partial charge < -0.3 is 14.9 Å². The molecule has 98 valence electrons. The number of hydrogen-bond acceptors (Lipinski definition) is 2. The van der Waals surface area contributed by atoms with Crippen LogP contribution < -0.4 is 0 Å². The summed E-state index contributed by atoms with van der Waals surface area (Å²) >= 11 is 0. The highest BCUT2D eigenvalue weighted by Gasteiger charge is 2.29. The Bertz CT molecular complexity index is 293. The van der Waals surface area contributed by atoms with E-state index in [1.54, 1.807) is 11.8 Å². The fraction of sp³-hybridized carbons (Fsp3) is 0.833. The van der Waals surface area contributed by atoms with Crippen molar-refractivity contribution in [3.05, 3.63) is 0 Å². The van der Waals surface area contributed by atoms with Crippen LogP contribution in [0.2, 0.25) is 0 Å². The Morgan fingerprint density at radius 2 is 2.06 bits per heavy atom. The van der Waals surface area contributed by atoms with Crippen molar-refractivity contribution in [3.63, 3.8) is 0 Å². The molecule has 0 aromatic rings. The maximum absolute atomic E-state index is 12.2. The molecule has 2 amide bonds. The highest BCUT2D eigenvalue weighted by atomic mass is 16.4. The average molecular weight is 242 g/mol. The third-order valence-electron chi connectivity index (χ3n) is 3.36. The summed E-state index contributed by atoms with van der Waals surface area (Å²) in [6.07, 6.45) is 2.00. The van der Waals surface area contributed by atoms with Gasteiger partial charge in [0.05, 0.1) is 0 Å². The third kappa shape index (κ3) is 3.61. The molecular weight excluding hydrogens is 220 g/mol. The molecule has 1 N–H and O–H groups in total. The third-order valence-corrected chi connectivity index (χ3v) is 3.36. The molecule has 0 aromatic carbocycles. The van der Waals surface area contributed by atoms with Gasteiger partial charge in [0.2, 0.25) is 0 Å². The molecular formula is C12H22N2O3. The van der Waals surface area contributed by atoms with E-state index < -0.39 is 5.97 Å². The Morgan fingerprint density at radius 1 is 1.41 bits per heavy atom. The maximum atomic E-state index is 12.2. The zero-order valence-electron chi connectivity index (χ0n) is 10.8. The first kappa shape index (κ1) is 13.8. The Morgan fingerprint density at radius 3 is 2.53 bits per heavy atom. The Kier molecular flexibility index (Phi) is 4.78. The highest BCUT2D eigenvalue weighted by molar-refractivity contribution is 5.80. The zero-order chi connectivity index (χ0) is 13.0. The number of rotatable bonds is 3. The van der Waals surface area contributed by atoms with Gasteiger partial charge in [-0.15, -0.1) is 0 Å². The Balaban J connectivity index is 2.64. The minimum absolute atomic E-state index is 0.144. The van der Waals surface area contributed by atoms with Gasteiger partial charge in [-0.05, 0) is 32.6 Å². The van der Waals surface area contributed by atoms with E-state index >= 15 is 0 Å². The molecule has 17 heavy (non-hydrogen) atoms. The molecule has 0 saturated carbocycles. The van der Waals surface area contributed by atoms with Crippen LogP contribution >= 0.6 is 0 Å². The van der Waals surface area contributed by atoms with Crippen LogP contribution in [-0.2, 0) is 4.79 Å². The monoisotopic (exact) mass is 242 g/mol. The van der Waals surface area contributed by atoms with Crippen molar-refractivity contribution in [2.45, 2.75) is 39.7 Å². The summed E-state index contributed by atoms with van der Waals surface area (Å²) in [4.78, 5) is 26.0. The molecule has 1 saturated heterocycles. The zero-order valence-corrected chi connectivity index (χ0v) is 10.8. The summed E-state index contributed by atoms with van der Waals surface area (Å²) in [6.45, 7) is 6.97. The molecule has 2 atom stereocenters. The lowest BCUT2D eigenvalue weighted by Crippen LogP contribution is -2.51. The fourth-order valence-corrected chi connectivity index (χ4v) is 2.35. The van der Waals surface area contributed by atoms with Crippen LogP contribution in [0.4, 0.5) is 4.79 Å². The van der Waals surface area contributed by atoms with E-state index in [1.165, 1.54) is 4.90 Å². The van der Waals surface area contributed by atoms with E-state index in [1.807, 2.05) is 6.92 Å². The number of nitrogens with zero attached hydrogens (tertiary/aromatic N) is 2. The van der Waals surface area contributed by atoms with Crippen molar-refractivity contribution < 1.29 is 14.7 Å². The molecule has 5 nitrogen and oxygen atoms in total. The van der Waals surface area contributed by atoms with Gasteiger partial charge in [-0.25, -0.2) is 4.79 Å². The number of aliphatic carboxylic acids is 1. The Labute approximate surface area is 102 Å².